The fraction of sp³-hybridized carbons (Fsp3) is 0.364. The zero-order chi connectivity index (χ0) is 20.1. The molecule has 1 aliphatic heterocycles. The van der Waals surface area contributed by atoms with Crippen LogP contribution in [0.1, 0.15) is 19.4 Å². The molecule has 0 unspecified atom stereocenters. The molecule has 1 aliphatic rings. The van der Waals surface area contributed by atoms with Crippen LogP contribution in [-0.2, 0) is 19.1 Å². The fourth-order valence-corrected chi connectivity index (χ4v) is 3.29. The Balaban J connectivity index is 1.55. The van der Waals surface area contributed by atoms with Crippen LogP contribution in [0.4, 0.5) is 0 Å². The minimum Gasteiger partial charge on any atom is -0.497 e. The van der Waals surface area contributed by atoms with Crippen molar-refractivity contribution in [1.82, 2.24) is 4.90 Å². The second-order valence-electron chi connectivity index (χ2n) is 6.97. The van der Waals surface area contributed by atoms with Gasteiger partial charge >= 0.3 is 5.97 Å². The monoisotopic (exact) mass is 383 g/mol. The lowest BCUT2D eigenvalue weighted by molar-refractivity contribution is -0.154. The fourth-order valence-electron chi connectivity index (χ4n) is 3.29. The molecule has 3 rings (SSSR count). The molecule has 0 N–H and O–H groups in total. The number of esters is 1. The minimum atomic E-state index is -0.544. The summed E-state index contributed by atoms with van der Waals surface area (Å²) < 4.78 is 15.9. The highest BCUT2D eigenvalue weighted by atomic mass is 16.5. The van der Waals surface area contributed by atoms with E-state index in [1.807, 2.05) is 50.2 Å². The standard InChI is InChI=1S/C22H25NO5/c1-15-12-23(13-16(2)28-15)21(24)14-27-22(25)9-5-17-4-6-19-11-20(26-3)8-7-18(19)10-17/h4-11,15-16H,12-14H2,1-3H3/b9-5+/t15-,16+. The molecule has 148 valence electrons. The number of ether oxygens (including phenoxy) is 3. The highest BCUT2D eigenvalue weighted by molar-refractivity contribution is 5.91. The Morgan fingerprint density at radius 2 is 1.79 bits per heavy atom. The summed E-state index contributed by atoms with van der Waals surface area (Å²) in [4.78, 5) is 25.9. The number of benzene rings is 2. The van der Waals surface area contributed by atoms with Crippen molar-refractivity contribution in [2.45, 2.75) is 26.1 Å². The topological polar surface area (TPSA) is 65.1 Å². The van der Waals surface area contributed by atoms with Crippen molar-refractivity contribution in [2.75, 3.05) is 26.8 Å². The maximum atomic E-state index is 12.2. The maximum Gasteiger partial charge on any atom is 0.331 e. The van der Waals surface area contributed by atoms with Gasteiger partial charge in [-0.05, 0) is 54.5 Å². The molecule has 6 nitrogen and oxygen atoms in total. The molecule has 1 fully saturated rings. The van der Waals surface area contributed by atoms with E-state index >= 15 is 0 Å². The van der Waals surface area contributed by atoms with E-state index in [4.69, 9.17) is 14.2 Å². The molecule has 0 saturated carbocycles. The van der Waals surface area contributed by atoms with Crippen LogP contribution in [-0.4, -0.2) is 55.8 Å². The molecular formula is C22H25NO5. The van der Waals surface area contributed by atoms with E-state index in [-0.39, 0.29) is 24.7 Å². The number of carbonyl (C=O) groups is 2. The lowest BCUT2D eigenvalue weighted by Gasteiger charge is -2.35. The molecule has 2 aromatic carbocycles. The summed E-state index contributed by atoms with van der Waals surface area (Å²) in [6, 6.07) is 11.7. The molecule has 0 aliphatic carbocycles. The Kier molecular flexibility index (Phi) is 6.31. The van der Waals surface area contributed by atoms with Crippen molar-refractivity contribution >= 4 is 28.7 Å². The number of morpholine rings is 1. The van der Waals surface area contributed by atoms with E-state index in [1.165, 1.54) is 6.08 Å². The first-order chi connectivity index (χ1) is 13.4. The first kappa shape index (κ1) is 19.9. The zero-order valence-electron chi connectivity index (χ0n) is 16.4. The van der Waals surface area contributed by atoms with Gasteiger partial charge in [0.15, 0.2) is 6.61 Å². The summed E-state index contributed by atoms with van der Waals surface area (Å²) in [5.41, 5.74) is 0.872. The quantitative estimate of drug-likeness (QED) is 0.587. The van der Waals surface area contributed by atoms with Crippen LogP contribution in [0.15, 0.2) is 42.5 Å². The van der Waals surface area contributed by atoms with Gasteiger partial charge in [0.2, 0.25) is 0 Å². The number of carbonyl (C=O) groups excluding carboxylic acids is 2. The van der Waals surface area contributed by atoms with Crippen molar-refractivity contribution in [1.29, 1.82) is 0 Å². The van der Waals surface area contributed by atoms with Gasteiger partial charge in [-0.3, -0.25) is 4.79 Å². The Bertz CT molecular complexity index is 882. The second kappa shape index (κ2) is 8.89. The summed E-state index contributed by atoms with van der Waals surface area (Å²) in [7, 11) is 1.63. The maximum absolute atomic E-state index is 12.2. The van der Waals surface area contributed by atoms with Gasteiger partial charge in [-0.1, -0.05) is 18.2 Å². The molecule has 0 spiro atoms. The smallest absolute Gasteiger partial charge is 0.331 e. The van der Waals surface area contributed by atoms with E-state index < -0.39 is 5.97 Å². The lowest BCUT2D eigenvalue weighted by atomic mass is 10.1. The Hall–Kier alpha value is -2.86. The van der Waals surface area contributed by atoms with Gasteiger partial charge in [0.05, 0.1) is 19.3 Å². The number of amides is 1. The number of hydrogen-bond acceptors (Lipinski definition) is 5. The summed E-state index contributed by atoms with van der Waals surface area (Å²) in [5.74, 6) is 0.0500. The number of hydrogen-bond donors (Lipinski definition) is 0. The molecular weight excluding hydrogens is 358 g/mol. The molecule has 1 heterocycles. The van der Waals surface area contributed by atoms with E-state index in [1.54, 1.807) is 18.1 Å². The highest BCUT2D eigenvalue weighted by Gasteiger charge is 2.26. The van der Waals surface area contributed by atoms with E-state index in [0.717, 1.165) is 22.1 Å². The number of methoxy groups -OCH3 is 1. The summed E-state index contributed by atoms with van der Waals surface area (Å²) in [6.45, 7) is 4.60. The second-order valence-corrected chi connectivity index (χ2v) is 6.97. The van der Waals surface area contributed by atoms with Crippen molar-refractivity contribution in [2.24, 2.45) is 0 Å². The van der Waals surface area contributed by atoms with Crippen LogP contribution in [0.5, 0.6) is 5.75 Å². The first-order valence-corrected chi connectivity index (χ1v) is 9.30. The number of rotatable bonds is 5. The van der Waals surface area contributed by atoms with Crippen LogP contribution in [0.2, 0.25) is 0 Å². The predicted molar refractivity (Wildman–Crippen MR) is 107 cm³/mol. The van der Waals surface area contributed by atoms with E-state index in [9.17, 15) is 9.59 Å². The Morgan fingerprint density at radius 1 is 1.11 bits per heavy atom. The Morgan fingerprint density at radius 3 is 2.50 bits per heavy atom. The van der Waals surface area contributed by atoms with Gasteiger partial charge in [-0.15, -0.1) is 0 Å². The van der Waals surface area contributed by atoms with Gasteiger partial charge in [0.25, 0.3) is 5.91 Å². The summed E-state index contributed by atoms with van der Waals surface area (Å²) in [5, 5.41) is 2.10. The SMILES string of the molecule is COc1ccc2cc(/C=C/C(=O)OCC(=O)N3C[C@@H](C)O[C@@H](C)C3)ccc2c1. The zero-order valence-corrected chi connectivity index (χ0v) is 16.4. The van der Waals surface area contributed by atoms with Crippen LogP contribution in [0.3, 0.4) is 0 Å². The molecule has 0 radical (unpaired) electrons. The Labute approximate surface area is 164 Å². The molecule has 1 amide bonds. The van der Waals surface area contributed by atoms with Gasteiger partial charge in [0.1, 0.15) is 5.75 Å². The third-order valence-corrected chi connectivity index (χ3v) is 4.59. The minimum absolute atomic E-state index is 0.0174. The number of nitrogens with zero attached hydrogens (tertiary/aromatic N) is 1. The molecule has 0 bridgehead atoms. The van der Waals surface area contributed by atoms with Crippen LogP contribution < -0.4 is 4.74 Å². The molecule has 28 heavy (non-hydrogen) atoms. The molecule has 2 atom stereocenters. The van der Waals surface area contributed by atoms with Crippen LogP contribution >= 0.6 is 0 Å². The first-order valence-electron chi connectivity index (χ1n) is 9.30. The third-order valence-electron chi connectivity index (χ3n) is 4.59. The van der Waals surface area contributed by atoms with Crippen LogP contribution in [0.25, 0.3) is 16.8 Å². The average Bonchev–Trinajstić information content (AvgIpc) is 2.69. The number of fused-ring (bicyclic) bond motifs is 1. The van der Waals surface area contributed by atoms with Crippen molar-refractivity contribution in [3.8, 4) is 5.75 Å². The van der Waals surface area contributed by atoms with Crippen molar-refractivity contribution in [3.05, 3.63) is 48.0 Å². The predicted octanol–water partition coefficient (Wildman–Crippen LogP) is 3.04. The van der Waals surface area contributed by atoms with E-state index in [0.29, 0.717) is 13.1 Å². The normalized spacial score (nSPS) is 19.8. The van der Waals surface area contributed by atoms with Crippen LogP contribution in [0, 0.1) is 0 Å². The van der Waals surface area contributed by atoms with Gasteiger partial charge < -0.3 is 19.1 Å². The van der Waals surface area contributed by atoms with Crippen molar-refractivity contribution < 1.29 is 23.8 Å². The molecule has 0 aromatic heterocycles. The van der Waals surface area contributed by atoms with Gasteiger partial charge in [-0.25, -0.2) is 4.79 Å². The summed E-state index contributed by atoms with van der Waals surface area (Å²) >= 11 is 0. The average molecular weight is 383 g/mol. The molecule has 2 aromatic rings. The van der Waals surface area contributed by atoms with Gasteiger partial charge in [-0.2, -0.15) is 0 Å². The van der Waals surface area contributed by atoms with Crippen molar-refractivity contribution in [3.63, 3.8) is 0 Å². The lowest BCUT2D eigenvalue weighted by Crippen LogP contribution is -2.49. The third kappa shape index (κ3) is 5.10. The molecule has 6 heteroatoms. The highest BCUT2D eigenvalue weighted by Crippen LogP contribution is 2.22. The molecule has 1 saturated heterocycles. The summed E-state index contributed by atoms with van der Waals surface area (Å²) in [6.07, 6.45) is 2.98. The van der Waals surface area contributed by atoms with E-state index in [2.05, 4.69) is 0 Å². The van der Waals surface area contributed by atoms with Gasteiger partial charge in [0, 0.05) is 19.2 Å². The largest absolute Gasteiger partial charge is 0.497 e.